The lowest BCUT2D eigenvalue weighted by molar-refractivity contribution is 0.0279. The molecule has 0 bridgehead atoms. The summed E-state index contributed by atoms with van der Waals surface area (Å²) in [6, 6.07) is 17.8. The molecule has 27 heavy (non-hydrogen) atoms. The van der Waals surface area contributed by atoms with Crippen LogP contribution < -0.4 is 4.74 Å². The van der Waals surface area contributed by atoms with Gasteiger partial charge in [-0.3, -0.25) is 4.79 Å². The minimum atomic E-state index is -0.185. The summed E-state index contributed by atoms with van der Waals surface area (Å²) in [6.45, 7) is 0.699. The average Bonchev–Trinajstić information content (AvgIpc) is 2.72. The summed E-state index contributed by atoms with van der Waals surface area (Å²) in [5.74, 6) is 1.14. The Morgan fingerprint density at radius 3 is 2.52 bits per heavy atom. The van der Waals surface area contributed by atoms with Gasteiger partial charge in [0.1, 0.15) is 5.75 Å². The van der Waals surface area contributed by atoms with Gasteiger partial charge in [-0.1, -0.05) is 43.2 Å². The van der Waals surface area contributed by atoms with Crippen LogP contribution in [-0.2, 0) is 0 Å². The zero-order chi connectivity index (χ0) is 18.9. The van der Waals surface area contributed by atoms with E-state index >= 15 is 0 Å². The molecule has 2 fully saturated rings. The fraction of sp³-hybridized carbons (Fsp3) is 0.435. The van der Waals surface area contributed by atoms with Gasteiger partial charge >= 0.3 is 0 Å². The topological polar surface area (TPSA) is 29.5 Å². The molecule has 2 aromatic carbocycles. The number of alkyl halides is 1. The zero-order valence-corrected chi connectivity index (χ0v) is 16.5. The lowest BCUT2D eigenvalue weighted by Gasteiger charge is -2.52. The lowest BCUT2D eigenvalue weighted by Crippen LogP contribution is -2.53. The summed E-state index contributed by atoms with van der Waals surface area (Å²) in [5, 5.41) is 0. The molecule has 3 nitrogen and oxygen atoms in total. The van der Waals surface area contributed by atoms with E-state index in [2.05, 4.69) is 24.3 Å². The summed E-state index contributed by atoms with van der Waals surface area (Å²) in [4.78, 5) is 15.3. The Bertz CT molecular complexity index is 792. The number of carbonyl (C=O) groups is 1. The first kappa shape index (κ1) is 18.4. The molecule has 1 saturated carbocycles. The number of ether oxygens (including phenoxy) is 1. The molecule has 4 rings (SSSR count). The Morgan fingerprint density at radius 2 is 1.81 bits per heavy atom. The Morgan fingerprint density at radius 1 is 1.07 bits per heavy atom. The third-order valence-corrected chi connectivity index (χ3v) is 6.90. The quantitative estimate of drug-likeness (QED) is 0.659. The molecule has 1 amide bonds. The second-order valence-electron chi connectivity index (χ2n) is 7.72. The molecule has 2 aliphatic rings. The van der Waals surface area contributed by atoms with Crippen LogP contribution in [0.25, 0.3) is 0 Å². The number of carbonyl (C=O) groups excluding carboxylic acids is 1. The molecule has 0 unspecified atom stereocenters. The van der Waals surface area contributed by atoms with Gasteiger partial charge in [-0.2, -0.15) is 0 Å². The molecule has 1 aliphatic heterocycles. The second kappa shape index (κ2) is 7.55. The minimum absolute atomic E-state index is 0.0346. The van der Waals surface area contributed by atoms with Gasteiger partial charge in [0.05, 0.1) is 18.0 Å². The number of nitrogens with zero attached hydrogens (tertiary/aromatic N) is 1. The average molecular weight is 384 g/mol. The molecule has 1 saturated heterocycles. The first-order valence-corrected chi connectivity index (χ1v) is 10.2. The van der Waals surface area contributed by atoms with Crippen LogP contribution in [-0.4, -0.2) is 29.3 Å². The maximum atomic E-state index is 13.4. The van der Waals surface area contributed by atoms with E-state index in [1.165, 1.54) is 18.4 Å². The number of benzene rings is 2. The first-order valence-electron chi connectivity index (χ1n) is 9.81. The monoisotopic (exact) mass is 383 g/mol. The minimum Gasteiger partial charge on any atom is -0.497 e. The number of amides is 1. The maximum absolute atomic E-state index is 13.4. The van der Waals surface area contributed by atoms with E-state index in [9.17, 15) is 4.79 Å². The maximum Gasteiger partial charge on any atom is 0.254 e. The highest BCUT2D eigenvalue weighted by Gasteiger charge is 2.50. The van der Waals surface area contributed by atoms with Gasteiger partial charge in [0.15, 0.2) is 0 Å². The van der Waals surface area contributed by atoms with Crippen molar-refractivity contribution in [2.24, 2.45) is 5.92 Å². The van der Waals surface area contributed by atoms with Gasteiger partial charge < -0.3 is 9.64 Å². The van der Waals surface area contributed by atoms with E-state index in [0.29, 0.717) is 18.0 Å². The number of hydrogen-bond acceptors (Lipinski definition) is 2. The Kier molecular flexibility index (Phi) is 5.14. The number of piperidine rings is 1. The van der Waals surface area contributed by atoms with E-state index in [1.54, 1.807) is 7.11 Å². The normalized spacial score (nSPS) is 27.7. The highest BCUT2D eigenvalue weighted by Crippen LogP contribution is 2.52. The van der Waals surface area contributed by atoms with Crippen molar-refractivity contribution in [2.75, 3.05) is 13.7 Å². The second-order valence-corrected chi connectivity index (χ2v) is 8.47. The Hall–Kier alpha value is -2.00. The third kappa shape index (κ3) is 3.45. The SMILES string of the molecule is COc1ccc(C(=O)N2CC[C@]3(Cl)CCCC[C@H]3[C@@H]2c2ccccc2)cc1. The summed E-state index contributed by atoms with van der Waals surface area (Å²) in [7, 11) is 1.63. The summed E-state index contributed by atoms with van der Waals surface area (Å²) in [5.41, 5.74) is 1.89. The summed E-state index contributed by atoms with van der Waals surface area (Å²) in [6.07, 6.45) is 5.37. The smallest absolute Gasteiger partial charge is 0.254 e. The van der Waals surface area contributed by atoms with Crippen LogP contribution in [0.5, 0.6) is 5.75 Å². The van der Waals surface area contributed by atoms with Crippen molar-refractivity contribution in [3.8, 4) is 5.75 Å². The molecule has 0 aromatic heterocycles. The molecular weight excluding hydrogens is 358 g/mol. The predicted molar refractivity (Wildman–Crippen MR) is 108 cm³/mol. The summed E-state index contributed by atoms with van der Waals surface area (Å²) >= 11 is 7.12. The fourth-order valence-electron chi connectivity index (χ4n) is 4.83. The molecule has 0 N–H and O–H groups in total. The highest BCUT2D eigenvalue weighted by molar-refractivity contribution is 6.24. The standard InChI is InChI=1S/C23H26ClNO2/c1-27-19-12-10-18(11-13-19)22(26)25-16-15-23(24)14-6-5-9-20(23)21(25)17-7-3-2-4-8-17/h2-4,7-8,10-13,20-21H,5-6,9,14-16H2,1H3/t20-,21-,23+/m0/s1. The third-order valence-electron chi connectivity index (χ3n) is 6.25. The molecule has 3 atom stereocenters. The zero-order valence-electron chi connectivity index (χ0n) is 15.7. The van der Waals surface area contributed by atoms with Crippen molar-refractivity contribution in [1.82, 2.24) is 4.90 Å². The predicted octanol–water partition coefficient (Wildman–Crippen LogP) is 5.45. The van der Waals surface area contributed by atoms with Crippen LogP contribution in [0.3, 0.4) is 0 Å². The summed E-state index contributed by atoms with van der Waals surface area (Å²) < 4.78 is 5.23. The van der Waals surface area contributed by atoms with Crippen LogP contribution >= 0.6 is 11.6 Å². The van der Waals surface area contributed by atoms with Crippen LogP contribution in [0.1, 0.15) is 54.1 Å². The van der Waals surface area contributed by atoms with Crippen LogP contribution in [0.2, 0.25) is 0 Å². The van der Waals surface area contributed by atoms with E-state index in [1.807, 2.05) is 35.2 Å². The molecule has 1 aliphatic carbocycles. The number of likely N-dealkylation sites (tertiary alicyclic amines) is 1. The first-order chi connectivity index (χ1) is 13.1. The molecule has 142 valence electrons. The van der Waals surface area contributed by atoms with Crippen molar-refractivity contribution in [3.05, 3.63) is 65.7 Å². The number of halogens is 1. The molecule has 0 spiro atoms. The Balaban J connectivity index is 1.70. The molecule has 2 aromatic rings. The number of methoxy groups -OCH3 is 1. The molecule has 4 heteroatoms. The van der Waals surface area contributed by atoms with E-state index in [0.717, 1.165) is 25.0 Å². The lowest BCUT2D eigenvalue weighted by atomic mass is 9.68. The molecular formula is C23H26ClNO2. The van der Waals surface area contributed by atoms with Crippen molar-refractivity contribution in [2.45, 2.75) is 43.0 Å². The molecule has 0 radical (unpaired) electrons. The number of fused-ring (bicyclic) bond motifs is 1. The van der Waals surface area contributed by atoms with Crippen LogP contribution in [0, 0.1) is 5.92 Å². The van der Waals surface area contributed by atoms with Crippen LogP contribution in [0.15, 0.2) is 54.6 Å². The van der Waals surface area contributed by atoms with Gasteiger partial charge in [-0.15, -0.1) is 11.6 Å². The number of hydrogen-bond donors (Lipinski definition) is 0. The Labute approximate surface area is 166 Å². The van der Waals surface area contributed by atoms with Crippen molar-refractivity contribution in [3.63, 3.8) is 0 Å². The van der Waals surface area contributed by atoms with Crippen molar-refractivity contribution >= 4 is 17.5 Å². The van der Waals surface area contributed by atoms with Gasteiger partial charge in [0.2, 0.25) is 0 Å². The fourth-order valence-corrected chi connectivity index (χ4v) is 5.28. The molecule has 1 heterocycles. The van der Waals surface area contributed by atoms with Gasteiger partial charge in [0.25, 0.3) is 5.91 Å². The van der Waals surface area contributed by atoms with E-state index in [-0.39, 0.29) is 16.8 Å². The van der Waals surface area contributed by atoms with Gasteiger partial charge in [0, 0.05) is 18.0 Å². The van der Waals surface area contributed by atoms with Crippen LogP contribution in [0.4, 0.5) is 0 Å². The number of rotatable bonds is 3. The van der Waals surface area contributed by atoms with E-state index in [4.69, 9.17) is 16.3 Å². The van der Waals surface area contributed by atoms with Crippen molar-refractivity contribution in [1.29, 1.82) is 0 Å². The largest absolute Gasteiger partial charge is 0.497 e. The van der Waals surface area contributed by atoms with Crippen molar-refractivity contribution < 1.29 is 9.53 Å². The highest BCUT2D eigenvalue weighted by atomic mass is 35.5. The van der Waals surface area contributed by atoms with Gasteiger partial charge in [-0.25, -0.2) is 0 Å². The van der Waals surface area contributed by atoms with Gasteiger partial charge in [-0.05, 0) is 49.1 Å². The van der Waals surface area contributed by atoms with E-state index < -0.39 is 0 Å².